The van der Waals surface area contributed by atoms with E-state index in [1.165, 1.54) is 51.4 Å². The lowest BCUT2D eigenvalue weighted by Crippen LogP contribution is -2.06. The first-order valence-electron chi connectivity index (χ1n) is 5.68. The summed E-state index contributed by atoms with van der Waals surface area (Å²) in [6, 6.07) is 0. The van der Waals surface area contributed by atoms with Gasteiger partial charge in [-0.3, -0.25) is 0 Å². The summed E-state index contributed by atoms with van der Waals surface area (Å²) in [5.74, 6) is 0.994. The Bertz CT molecular complexity index is 189. The largest absolute Gasteiger partial charge is 0.118 e. The number of hydrogen-bond donors (Lipinski definition) is 0. The fourth-order valence-electron chi connectivity index (χ4n) is 2.70. The van der Waals surface area contributed by atoms with Crippen LogP contribution in [0.1, 0.15) is 51.4 Å². The van der Waals surface area contributed by atoms with Crippen LogP contribution >= 0.6 is 11.6 Å². The van der Waals surface area contributed by atoms with E-state index in [0.29, 0.717) is 5.38 Å². The van der Waals surface area contributed by atoms with Crippen LogP contribution in [-0.2, 0) is 0 Å². The molecule has 0 nitrogen and oxygen atoms in total. The number of halogens is 1. The van der Waals surface area contributed by atoms with Crippen LogP contribution in [0, 0.1) is 5.92 Å². The number of alkyl halides is 1. The third-order valence-electron chi connectivity index (χ3n) is 3.42. The second-order valence-corrected chi connectivity index (χ2v) is 5.15. The van der Waals surface area contributed by atoms with E-state index in [4.69, 9.17) is 11.6 Å². The zero-order chi connectivity index (χ0) is 9.10. The summed E-state index contributed by atoms with van der Waals surface area (Å²) in [6.45, 7) is 0. The molecule has 0 aromatic carbocycles. The fraction of sp³-hybridized carbons (Fsp3) is 0.833. The van der Waals surface area contributed by atoms with Gasteiger partial charge in [-0.1, -0.05) is 37.3 Å². The minimum atomic E-state index is 0.338. The molecule has 1 saturated carbocycles. The van der Waals surface area contributed by atoms with Gasteiger partial charge in [0.15, 0.2) is 0 Å². The Balaban J connectivity index is 1.85. The lowest BCUT2D eigenvalue weighted by Gasteiger charge is -2.19. The van der Waals surface area contributed by atoms with E-state index in [2.05, 4.69) is 6.08 Å². The molecule has 2 aliphatic carbocycles. The molecule has 0 amide bonds. The monoisotopic (exact) mass is 198 g/mol. The van der Waals surface area contributed by atoms with E-state index in [9.17, 15) is 0 Å². The minimum Gasteiger partial charge on any atom is -0.118 e. The van der Waals surface area contributed by atoms with Crippen LogP contribution in [0.5, 0.6) is 0 Å². The zero-order valence-corrected chi connectivity index (χ0v) is 9.02. The number of hydrogen-bond acceptors (Lipinski definition) is 0. The van der Waals surface area contributed by atoms with E-state index in [1.807, 2.05) is 0 Å². The maximum atomic E-state index is 6.12. The van der Waals surface area contributed by atoms with Crippen molar-refractivity contribution < 1.29 is 0 Å². The van der Waals surface area contributed by atoms with Crippen LogP contribution in [0.3, 0.4) is 0 Å². The molecule has 1 fully saturated rings. The second-order valence-electron chi connectivity index (χ2n) is 4.59. The van der Waals surface area contributed by atoms with Gasteiger partial charge in [-0.15, -0.1) is 11.6 Å². The SMILES string of the molecule is ClC1C=C(CC2CCCC2)CCC1. The van der Waals surface area contributed by atoms with Crippen LogP contribution < -0.4 is 0 Å². The average molecular weight is 199 g/mol. The third kappa shape index (κ3) is 2.74. The Kier molecular flexibility index (Phi) is 3.32. The Morgan fingerprint density at radius 1 is 1.15 bits per heavy atom. The summed E-state index contributed by atoms with van der Waals surface area (Å²) in [5, 5.41) is 0.338. The van der Waals surface area contributed by atoms with Crippen molar-refractivity contribution in [2.75, 3.05) is 0 Å². The molecule has 2 rings (SSSR count). The van der Waals surface area contributed by atoms with Gasteiger partial charge in [0, 0.05) is 0 Å². The van der Waals surface area contributed by atoms with Crippen molar-refractivity contribution in [1.82, 2.24) is 0 Å². The summed E-state index contributed by atoms with van der Waals surface area (Å²) in [6.07, 6.45) is 13.3. The van der Waals surface area contributed by atoms with E-state index in [-0.39, 0.29) is 0 Å². The molecule has 1 atom stereocenters. The van der Waals surface area contributed by atoms with Crippen LogP contribution in [0.2, 0.25) is 0 Å². The summed E-state index contributed by atoms with van der Waals surface area (Å²) >= 11 is 6.12. The molecule has 1 heteroatoms. The minimum absolute atomic E-state index is 0.338. The first-order chi connectivity index (χ1) is 6.34. The fourth-order valence-corrected chi connectivity index (χ4v) is 3.03. The van der Waals surface area contributed by atoms with Crippen molar-refractivity contribution in [1.29, 1.82) is 0 Å². The maximum absolute atomic E-state index is 6.12. The molecule has 0 heterocycles. The van der Waals surface area contributed by atoms with Crippen LogP contribution in [0.25, 0.3) is 0 Å². The topological polar surface area (TPSA) is 0 Å². The Hall–Kier alpha value is 0.0300. The van der Waals surface area contributed by atoms with Gasteiger partial charge >= 0.3 is 0 Å². The second kappa shape index (κ2) is 4.50. The molecule has 0 aromatic rings. The van der Waals surface area contributed by atoms with E-state index in [1.54, 1.807) is 5.57 Å². The summed E-state index contributed by atoms with van der Waals surface area (Å²) in [7, 11) is 0. The van der Waals surface area contributed by atoms with Crippen molar-refractivity contribution in [3.05, 3.63) is 11.6 Å². The molecule has 0 radical (unpaired) electrons. The van der Waals surface area contributed by atoms with Crippen molar-refractivity contribution in [3.63, 3.8) is 0 Å². The molecule has 0 bridgehead atoms. The van der Waals surface area contributed by atoms with E-state index in [0.717, 1.165) is 5.92 Å². The highest BCUT2D eigenvalue weighted by Crippen LogP contribution is 2.33. The van der Waals surface area contributed by atoms with Gasteiger partial charge in [0.1, 0.15) is 0 Å². The maximum Gasteiger partial charge on any atom is 0.0518 e. The lowest BCUT2D eigenvalue weighted by molar-refractivity contribution is 0.520. The first-order valence-corrected chi connectivity index (χ1v) is 6.12. The highest BCUT2D eigenvalue weighted by atomic mass is 35.5. The summed E-state index contributed by atoms with van der Waals surface area (Å²) in [4.78, 5) is 0. The van der Waals surface area contributed by atoms with Crippen molar-refractivity contribution in [2.45, 2.75) is 56.7 Å². The summed E-state index contributed by atoms with van der Waals surface area (Å²) < 4.78 is 0. The molecule has 13 heavy (non-hydrogen) atoms. The third-order valence-corrected chi connectivity index (χ3v) is 3.76. The van der Waals surface area contributed by atoms with Gasteiger partial charge in [0.05, 0.1) is 5.38 Å². The lowest BCUT2D eigenvalue weighted by atomic mass is 9.90. The quantitative estimate of drug-likeness (QED) is 0.459. The van der Waals surface area contributed by atoms with Crippen LogP contribution in [0.15, 0.2) is 11.6 Å². The van der Waals surface area contributed by atoms with Gasteiger partial charge in [-0.25, -0.2) is 0 Å². The molecule has 1 unspecified atom stereocenters. The normalized spacial score (nSPS) is 30.5. The summed E-state index contributed by atoms with van der Waals surface area (Å²) in [5.41, 5.74) is 1.65. The molecule has 0 spiro atoms. The predicted octanol–water partition coefficient (Wildman–Crippen LogP) is 4.28. The Morgan fingerprint density at radius 3 is 2.62 bits per heavy atom. The first kappa shape index (κ1) is 9.58. The van der Waals surface area contributed by atoms with Crippen molar-refractivity contribution in [3.8, 4) is 0 Å². The van der Waals surface area contributed by atoms with Gasteiger partial charge in [-0.2, -0.15) is 0 Å². The average Bonchev–Trinajstić information content (AvgIpc) is 2.57. The molecular formula is C12H19Cl. The van der Waals surface area contributed by atoms with Gasteiger partial charge < -0.3 is 0 Å². The van der Waals surface area contributed by atoms with Gasteiger partial charge in [0.25, 0.3) is 0 Å². The smallest absolute Gasteiger partial charge is 0.0518 e. The Labute approximate surface area is 86.4 Å². The van der Waals surface area contributed by atoms with Gasteiger partial charge in [0.2, 0.25) is 0 Å². The van der Waals surface area contributed by atoms with Crippen LogP contribution in [-0.4, -0.2) is 5.38 Å². The van der Waals surface area contributed by atoms with Crippen molar-refractivity contribution in [2.24, 2.45) is 5.92 Å². The molecule has 0 aliphatic heterocycles. The molecule has 74 valence electrons. The van der Waals surface area contributed by atoms with Crippen molar-refractivity contribution >= 4 is 11.6 Å². The van der Waals surface area contributed by atoms with E-state index >= 15 is 0 Å². The predicted molar refractivity (Wildman–Crippen MR) is 58.2 cm³/mol. The van der Waals surface area contributed by atoms with Crippen LogP contribution in [0.4, 0.5) is 0 Å². The van der Waals surface area contributed by atoms with E-state index < -0.39 is 0 Å². The highest BCUT2D eigenvalue weighted by Gasteiger charge is 2.18. The molecular weight excluding hydrogens is 180 g/mol. The highest BCUT2D eigenvalue weighted by molar-refractivity contribution is 6.21. The molecule has 0 N–H and O–H groups in total. The molecule has 0 aromatic heterocycles. The number of allylic oxidation sites excluding steroid dienone is 2. The zero-order valence-electron chi connectivity index (χ0n) is 8.27. The van der Waals surface area contributed by atoms with Gasteiger partial charge in [-0.05, 0) is 31.6 Å². The molecule has 2 aliphatic rings. The standard InChI is InChI=1S/C12H19Cl/c13-12-7-3-6-11(9-12)8-10-4-1-2-5-10/h9-10,12H,1-8H2. The number of rotatable bonds is 2. The Morgan fingerprint density at radius 2 is 1.92 bits per heavy atom. The molecule has 0 saturated heterocycles.